The third-order valence-electron chi connectivity index (χ3n) is 2.96. The summed E-state index contributed by atoms with van der Waals surface area (Å²) in [6.07, 6.45) is 4.45. The van der Waals surface area contributed by atoms with Crippen LogP contribution in [-0.2, 0) is 20.1 Å². The Bertz CT molecular complexity index is 520. The van der Waals surface area contributed by atoms with Gasteiger partial charge in [0.15, 0.2) is 0 Å². The molecule has 1 aromatic carbocycles. The van der Waals surface area contributed by atoms with Gasteiger partial charge >= 0.3 is 0 Å². The topological polar surface area (TPSA) is 47.3 Å². The average Bonchev–Trinajstić information content (AvgIpc) is 2.77. The van der Waals surface area contributed by atoms with Crippen molar-refractivity contribution in [2.24, 2.45) is 7.05 Å². The number of ether oxygens (including phenoxy) is 1. The number of aliphatic hydroxyl groups excluding tert-OH is 1. The van der Waals surface area contributed by atoms with Crippen LogP contribution in [0, 0.1) is 6.92 Å². The molecule has 0 unspecified atom stereocenters. The Kier molecular flexibility index (Phi) is 3.99. The Morgan fingerprint density at radius 1 is 1.39 bits per heavy atom. The zero-order valence-corrected chi connectivity index (χ0v) is 10.8. The van der Waals surface area contributed by atoms with Gasteiger partial charge in [-0.2, -0.15) is 0 Å². The van der Waals surface area contributed by atoms with Gasteiger partial charge in [0, 0.05) is 31.4 Å². The minimum Gasteiger partial charge on any atom is -0.492 e. The van der Waals surface area contributed by atoms with E-state index in [4.69, 9.17) is 4.74 Å². The number of para-hydroxylation sites is 1. The van der Waals surface area contributed by atoms with E-state index in [0.717, 1.165) is 29.1 Å². The van der Waals surface area contributed by atoms with E-state index in [1.54, 1.807) is 6.20 Å². The number of aliphatic hydroxyl groups is 1. The number of nitrogens with zero attached hydrogens (tertiary/aromatic N) is 2. The number of hydrogen-bond acceptors (Lipinski definition) is 3. The molecule has 2 rings (SSSR count). The van der Waals surface area contributed by atoms with E-state index in [2.05, 4.69) is 4.98 Å². The van der Waals surface area contributed by atoms with Crippen LogP contribution in [0.5, 0.6) is 5.75 Å². The monoisotopic (exact) mass is 246 g/mol. The van der Waals surface area contributed by atoms with Crippen molar-refractivity contribution >= 4 is 0 Å². The Morgan fingerprint density at radius 3 is 2.89 bits per heavy atom. The molecule has 1 N–H and O–H groups in total. The predicted octanol–water partition coefficient (Wildman–Crippen LogP) is 1.84. The molecule has 0 bridgehead atoms. The molecule has 0 spiro atoms. The van der Waals surface area contributed by atoms with E-state index in [1.807, 2.05) is 42.9 Å². The van der Waals surface area contributed by atoms with Crippen LogP contribution >= 0.6 is 0 Å². The molecule has 0 aliphatic heterocycles. The first-order valence-electron chi connectivity index (χ1n) is 6.00. The van der Waals surface area contributed by atoms with Gasteiger partial charge in [0.1, 0.15) is 11.6 Å². The van der Waals surface area contributed by atoms with Crippen molar-refractivity contribution in [1.29, 1.82) is 0 Å². The Labute approximate surface area is 107 Å². The standard InChI is InChI=1S/C14H18N2O2/c1-11-4-3-5-12(10-17)14(11)18-9-6-13-15-7-8-16(13)2/h3-5,7-8,17H,6,9-10H2,1-2H3. The molecule has 1 heterocycles. The highest BCUT2D eigenvalue weighted by Gasteiger charge is 2.06. The molecule has 18 heavy (non-hydrogen) atoms. The van der Waals surface area contributed by atoms with Crippen molar-refractivity contribution in [3.63, 3.8) is 0 Å². The second-order valence-corrected chi connectivity index (χ2v) is 4.27. The van der Waals surface area contributed by atoms with E-state index in [9.17, 15) is 5.11 Å². The molecule has 0 amide bonds. The summed E-state index contributed by atoms with van der Waals surface area (Å²) in [5.41, 5.74) is 1.87. The summed E-state index contributed by atoms with van der Waals surface area (Å²) in [6, 6.07) is 5.78. The summed E-state index contributed by atoms with van der Waals surface area (Å²) in [5.74, 6) is 1.78. The Balaban J connectivity index is 2.00. The Hall–Kier alpha value is -1.81. The van der Waals surface area contributed by atoms with Crippen molar-refractivity contribution < 1.29 is 9.84 Å². The number of hydrogen-bond donors (Lipinski definition) is 1. The minimum absolute atomic E-state index is 0.000577. The minimum atomic E-state index is -0.000577. The van der Waals surface area contributed by atoms with Crippen LogP contribution in [0.15, 0.2) is 30.6 Å². The van der Waals surface area contributed by atoms with Crippen molar-refractivity contribution in [3.8, 4) is 5.75 Å². The number of rotatable bonds is 5. The van der Waals surface area contributed by atoms with Crippen molar-refractivity contribution in [1.82, 2.24) is 9.55 Å². The Morgan fingerprint density at radius 2 is 2.22 bits per heavy atom. The lowest BCUT2D eigenvalue weighted by atomic mass is 10.1. The van der Waals surface area contributed by atoms with Crippen molar-refractivity contribution in [3.05, 3.63) is 47.5 Å². The molecule has 4 heteroatoms. The van der Waals surface area contributed by atoms with Crippen molar-refractivity contribution in [2.45, 2.75) is 20.0 Å². The van der Waals surface area contributed by atoms with Gasteiger partial charge in [-0.25, -0.2) is 4.98 Å². The van der Waals surface area contributed by atoms with Crippen molar-refractivity contribution in [2.75, 3.05) is 6.61 Å². The molecule has 0 saturated heterocycles. The molecule has 0 aliphatic carbocycles. The highest BCUT2D eigenvalue weighted by molar-refractivity contribution is 5.40. The molecule has 0 radical (unpaired) electrons. The van der Waals surface area contributed by atoms with Gasteiger partial charge in [-0.1, -0.05) is 18.2 Å². The number of imidazole rings is 1. The normalized spacial score (nSPS) is 10.6. The van der Waals surface area contributed by atoms with Crippen LogP contribution in [0.2, 0.25) is 0 Å². The van der Waals surface area contributed by atoms with E-state index < -0.39 is 0 Å². The van der Waals surface area contributed by atoms with E-state index in [-0.39, 0.29) is 6.61 Å². The van der Waals surface area contributed by atoms with E-state index in [1.165, 1.54) is 0 Å². The molecule has 4 nitrogen and oxygen atoms in total. The van der Waals surface area contributed by atoms with Gasteiger partial charge in [-0.3, -0.25) is 0 Å². The van der Waals surface area contributed by atoms with E-state index in [0.29, 0.717) is 6.61 Å². The third-order valence-corrected chi connectivity index (χ3v) is 2.96. The summed E-state index contributed by atoms with van der Waals surface area (Å²) in [6.45, 7) is 2.54. The van der Waals surface area contributed by atoms with Crippen LogP contribution in [-0.4, -0.2) is 21.3 Å². The second-order valence-electron chi connectivity index (χ2n) is 4.27. The van der Waals surface area contributed by atoms with Crippen LogP contribution in [0.1, 0.15) is 17.0 Å². The molecule has 1 aromatic heterocycles. The lowest BCUT2D eigenvalue weighted by molar-refractivity contribution is 0.262. The first-order chi connectivity index (χ1) is 8.72. The fraction of sp³-hybridized carbons (Fsp3) is 0.357. The summed E-state index contributed by atoms with van der Waals surface area (Å²) >= 11 is 0. The second kappa shape index (κ2) is 5.69. The summed E-state index contributed by atoms with van der Waals surface area (Å²) in [4.78, 5) is 4.25. The van der Waals surface area contributed by atoms with E-state index >= 15 is 0 Å². The maximum absolute atomic E-state index is 9.27. The quantitative estimate of drug-likeness (QED) is 0.875. The maximum atomic E-state index is 9.27. The number of aryl methyl sites for hydroxylation is 2. The molecular formula is C14H18N2O2. The van der Waals surface area contributed by atoms with Crippen LogP contribution < -0.4 is 4.74 Å². The van der Waals surface area contributed by atoms with Gasteiger partial charge < -0.3 is 14.4 Å². The average molecular weight is 246 g/mol. The first kappa shape index (κ1) is 12.6. The largest absolute Gasteiger partial charge is 0.492 e. The number of benzene rings is 1. The maximum Gasteiger partial charge on any atom is 0.127 e. The SMILES string of the molecule is Cc1cccc(CO)c1OCCc1nccn1C. The fourth-order valence-corrected chi connectivity index (χ4v) is 1.93. The molecular weight excluding hydrogens is 228 g/mol. The molecule has 2 aromatic rings. The lowest BCUT2D eigenvalue weighted by Crippen LogP contribution is -2.08. The van der Waals surface area contributed by atoms with Crippen LogP contribution in [0.4, 0.5) is 0 Å². The third kappa shape index (κ3) is 2.71. The number of aromatic nitrogens is 2. The van der Waals surface area contributed by atoms with Gasteiger partial charge in [-0.05, 0) is 12.5 Å². The van der Waals surface area contributed by atoms with Gasteiger partial charge in [-0.15, -0.1) is 0 Å². The summed E-state index contributed by atoms with van der Waals surface area (Å²) < 4.78 is 7.75. The highest BCUT2D eigenvalue weighted by atomic mass is 16.5. The molecule has 0 atom stereocenters. The molecule has 96 valence electrons. The van der Waals surface area contributed by atoms with Crippen LogP contribution in [0.3, 0.4) is 0 Å². The van der Waals surface area contributed by atoms with Gasteiger partial charge in [0.25, 0.3) is 0 Å². The zero-order chi connectivity index (χ0) is 13.0. The molecule has 0 fully saturated rings. The zero-order valence-electron chi connectivity index (χ0n) is 10.8. The molecule has 0 saturated carbocycles. The van der Waals surface area contributed by atoms with Gasteiger partial charge in [0.2, 0.25) is 0 Å². The predicted molar refractivity (Wildman–Crippen MR) is 69.5 cm³/mol. The smallest absolute Gasteiger partial charge is 0.127 e. The summed E-state index contributed by atoms with van der Waals surface area (Å²) in [7, 11) is 1.97. The van der Waals surface area contributed by atoms with Gasteiger partial charge in [0.05, 0.1) is 13.2 Å². The van der Waals surface area contributed by atoms with Crippen LogP contribution in [0.25, 0.3) is 0 Å². The lowest BCUT2D eigenvalue weighted by Gasteiger charge is -2.12. The fourth-order valence-electron chi connectivity index (χ4n) is 1.93. The summed E-state index contributed by atoms with van der Waals surface area (Å²) in [5, 5.41) is 9.27. The highest BCUT2D eigenvalue weighted by Crippen LogP contribution is 2.23. The molecule has 0 aliphatic rings. The first-order valence-corrected chi connectivity index (χ1v) is 6.00.